The monoisotopic (exact) mass is 549 g/mol. The standard InChI is InChI=1S/C29H31N3O8/c1-5-38-26(34)25-20(21-15-19(37-4)10-12-22(21)30-25)11-13-24(33)32-23-9-7-6-8-17(23)14-18(16-31(2)3)29(32)39-27(35)28(36)40-29/h6-10,12,15,18,30H,5,11,13-14,16H2,1-4H3. The Labute approximate surface area is 230 Å². The van der Waals surface area contributed by atoms with Crippen molar-refractivity contribution < 1.29 is 38.1 Å². The first-order chi connectivity index (χ1) is 19.2. The molecule has 5 rings (SSSR count). The molecule has 0 aliphatic carbocycles. The number of methoxy groups -OCH3 is 1. The molecule has 0 radical (unpaired) electrons. The van der Waals surface area contributed by atoms with Crippen LogP contribution in [0.2, 0.25) is 0 Å². The van der Waals surface area contributed by atoms with Crippen molar-refractivity contribution >= 4 is 40.4 Å². The molecule has 3 heterocycles. The highest BCUT2D eigenvalue weighted by Gasteiger charge is 2.62. The van der Waals surface area contributed by atoms with Crippen LogP contribution < -0.4 is 9.64 Å². The Kier molecular flexibility index (Phi) is 7.24. The van der Waals surface area contributed by atoms with Crippen molar-refractivity contribution in [1.29, 1.82) is 0 Å². The van der Waals surface area contributed by atoms with Crippen LogP contribution in [0.5, 0.6) is 5.75 Å². The lowest BCUT2D eigenvalue weighted by molar-refractivity contribution is -0.206. The zero-order chi connectivity index (χ0) is 28.6. The number of hydrogen-bond acceptors (Lipinski definition) is 9. The average molecular weight is 550 g/mol. The van der Waals surface area contributed by atoms with E-state index in [9.17, 15) is 19.2 Å². The van der Waals surface area contributed by atoms with Crippen molar-refractivity contribution in [2.45, 2.75) is 32.1 Å². The summed E-state index contributed by atoms with van der Waals surface area (Å²) >= 11 is 0. The summed E-state index contributed by atoms with van der Waals surface area (Å²) in [5, 5.41) is 0.716. The van der Waals surface area contributed by atoms with Crippen molar-refractivity contribution in [3.63, 3.8) is 0 Å². The molecule has 2 aliphatic heterocycles. The number of aromatic amines is 1. The Morgan fingerprint density at radius 2 is 1.85 bits per heavy atom. The van der Waals surface area contributed by atoms with Gasteiger partial charge < -0.3 is 28.8 Å². The van der Waals surface area contributed by atoms with Gasteiger partial charge in [0.15, 0.2) is 0 Å². The number of hydrogen-bond donors (Lipinski definition) is 1. The van der Waals surface area contributed by atoms with Crippen molar-refractivity contribution in [3.8, 4) is 5.75 Å². The predicted molar refractivity (Wildman–Crippen MR) is 144 cm³/mol. The van der Waals surface area contributed by atoms with E-state index in [0.717, 1.165) is 5.56 Å². The molecule has 11 nitrogen and oxygen atoms in total. The Bertz CT molecular complexity index is 1480. The largest absolute Gasteiger partial charge is 0.497 e. The van der Waals surface area contributed by atoms with E-state index in [1.807, 2.05) is 31.1 Å². The number of esters is 3. The number of rotatable bonds is 8. The van der Waals surface area contributed by atoms with E-state index in [1.54, 1.807) is 44.4 Å². The highest BCUT2D eigenvalue weighted by molar-refractivity contribution is 6.31. The second kappa shape index (κ2) is 10.6. The lowest BCUT2D eigenvalue weighted by atomic mass is 9.87. The molecule has 0 bridgehead atoms. The van der Waals surface area contributed by atoms with Gasteiger partial charge in [-0.15, -0.1) is 0 Å². The van der Waals surface area contributed by atoms with E-state index in [1.165, 1.54) is 4.90 Å². The quantitative estimate of drug-likeness (QED) is 0.333. The van der Waals surface area contributed by atoms with Gasteiger partial charge in [-0.05, 0) is 69.3 Å². The molecule has 1 saturated heterocycles. The number of benzene rings is 2. The maximum atomic E-state index is 14.1. The second-order valence-corrected chi connectivity index (χ2v) is 10.0. The molecule has 0 saturated carbocycles. The van der Waals surface area contributed by atoms with Crippen LogP contribution in [0.25, 0.3) is 10.9 Å². The summed E-state index contributed by atoms with van der Waals surface area (Å²) in [4.78, 5) is 58.0. The van der Waals surface area contributed by atoms with Gasteiger partial charge in [-0.2, -0.15) is 0 Å². The topological polar surface area (TPSA) is 127 Å². The number of ether oxygens (including phenoxy) is 4. The Morgan fingerprint density at radius 3 is 2.52 bits per heavy atom. The zero-order valence-electron chi connectivity index (χ0n) is 22.8. The predicted octanol–water partition coefficient (Wildman–Crippen LogP) is 2.81. The van der Waals surface area contributed by atoms with Gasteiger partial charge in [0, 0.05) is 23.9 Å². The first-order valence-corrected chi connectivity index (χ1v) is 13.1. The molecule has 1 aromatic heterocycles. The summed E-state index contributed by atoms with van der Waals surface area (Å²) in [7, 11) is 5.24. The van der Waals surface area contributed by atoms with E-state index in [4.69, 9.17) is 18.9 Å². The number of para-hydroxylation sites is 1. The fourth-order valence-electron chi connectivity index (χ4n) is 5.54. The van der Waals surface area contributed by atoms with Gasteiger partial charge in [0.05, 0.1) is 25.3 Å². The second-order valence-electron chi connectivity index (χ2n) is 10.0. The van der Waals surface area contributed by atoms with Crippen molar-refractivity contribution in [1.82, 2.24) is 9.88 Å². The van der Waals surface area contributed by atoms with Gasteiger partial charge in [-0.25, -0.2) is 19.3 Å². The van der Waals surface area contributed by atoms with Crippen molar-refractivity contribution in [3.05, 3.63) is 59.3 Å². The van der Waals surface area contributed by atoms with Crippen LogP contribution in [-0.4, -0.2) is 74.0 Å². The maximum absolute atomic E-state index is 14.1. The molecule has 1 spiro atoms. The molecule has 1 amide bonds. The summed E-state index contributed by atoms with van der Waals surface area (Å²) in [5.41, 5.74) is 2.88. The van der Waals surface area contributed by atoms with E-state index in [-0.39, 0.29) is 25.1 Å². The summed E-state index contributed by atoms with van der Waals surface area (Å²) in [6, 6.07) is 12.6. The van der Waals surface area contributed by atoms with Gasteiger partial charge in [-0.1, -0.05) is 18.2 Å². The number of anilines is 1. The molecule has 11 heteroatoms. The van der Waals surface area contributed by atoms with E-state index in [0.29, 0.717) is 40.9 Å². The highest BCUT2D eigenvalue weighted by atomic mass is 16.8. The molecule has 1 N–H and O–H groups in total. The third kappa shape index (κ3) is 4.66. The van der Waals surface area contributed by atoms with Crippen molar-refractivity contribution in [2.75, 3.05) is 39.3 Å². The Balaban J connectivity index is 1.55. The number of carbonyl (C=O) groups excluding carboxylic acids is 4. The fourth-order valence-corrected chi connectivity index (χ4v) is 5.54. The number of aromatic nitrogens is 1. The highest BCUT2D eigenvalue weighted by Crippen LogP contribution is 2.45. The average Bonchev–Trinajstić information content (AvgIpc) is 3.44. The normalized spacial score (nSPS) is 17.6. The summed E-state index contributed by atoms with van der Waals surface area (Å²) in [5.74, 6) is -5.13. The van der Waals surface area contributed by atoms with Gasteiger partial charge in [-0.3, -0.25) is 4.79 Å². The van der Waals surface area contributed by atoms with Crippen LogP contribution in [0.4, 0.5) is 5.69 Å². The minimum Gasteiger partial charge on any atom is -0.497 e. The number of aryl methyl sites for hydroxylation is 1. The molecule has 1 fully saturated rings. The molecule has 3 aromatic rings. The number of carbonyl (C=O) groups is 4. The lowest BCUT2D eigenvalue weighted by Crippen LogP contribution is -2.63. The number of nitrogens with zero attached hydrogens (tertiary/aromatic N) is 2. The maximum Gasteiger partial charge on any atom is 0.422 e. The molecule has 2 aromatic carbocycles. The molecule has 1 atom stereocenters. The van der Waals surface area contributed by atoms with Gasteiger partial charge in [0.2, 0.25) is 5.91 Å². The minimum absolute atomic E-state index is 0.0869. The third-order valence-corrected chi connectivity index (χ3v) is 7.19. The van der Waals surface area contributed by atoms with Crippen LogP contribution in [0.3, 0.4) is 0 Å². The number of nitrogens with one attached hydrogen (secondary N) is 1. The third-order valence-electron chi connectivity index (χ3n) is 7.19. The first kappa shape index (κ1) is 27.2. The van der Waals surface area contributed by atoms with Crippen LogP contribution in [0.1, 0.15) is 35.0 Å². The van der Waals surface area contributed by atoms with E-state index < -0.39 is 35.6 Å². The fraction of sp³-hybridized carbons (Fsp3) is 0.379. The molecule has 40 heavy (non-hydrogen) atoms. The molecular weight excluding hydrogens is 518 g/mol. The van der Waals surface area contributed by atoms with E-state index in [2.05, 4.69) is 4.98 Å². The molecular formula is C29H31N3O8. The van der Waals surface area contributed by atoms with Crippen LogP contribution >= 0.6 is 0 Å². The number of amides is 1. The Morgan fingerprint density at radius 1 is 1.12 bits per heavy atom. The van der Waals surface area contributed by atoms with Gasteiger partial charge in [0.25, 0.3) is 0 Å². The molecule has 1 unspecified atom stereocenters. The zero-order valence-corrected chi connectivity index (χ0v) is 22.8. The number of H-pyrrole nitrogens is 1. The van der Waals surface area contributed by atoms with Crippen LogP contribution in [-0.2, 0) is 41.4 Å². The first-order valence-electron chi connectivity index (χ1n) is 13.1. The summed E-state index contributed by atoms with van der Waals surface area (Å²) in [6.45, 7) is 2.29. The van der Waals surface area contributed by atoms with E-state index >= 15 is 0 Å². The van der Waals surface area contributed by atoms with Gasteiger partial charge in [0.1, 0.15) is 11.4 Å². The van der Waals surface area contributed by atoms with Gasteiger partial charge >= 0.3 is 23.8 Å². The van der Waals surface area contributed by atoms with Crippen LogP contribution in [0.15, 0.2) is 42.5 Å². The summed E-state index contributed by atoms with van der Waals surface area (Å²) in [6.07, 6.45) is 0.486. The number of fused-ring (bicyclic) bond motifs is 2. The van der Waals surface area contributed by atoms with Crippen LogP contribution in [0, 0.1) is 5.92 Å². The van der Waals surface area contributed by atoms with Crippen molar-refractivity contribution in [2.24, 2.45) is 5.92 Å². The SMILES string of the molecule is CCOC(=O)c1[nH]c2ccc(OC)cc2c1CCC(=O)N1c2ccccc2CC(CN(C)C)C12OC(=O)C(=O)O2. The molecule has 210 valence electrons. The Hall–Kier alpha value is -4.38. The minimum atomic E-state index is -1.92. The lowest BCUT2D eigenvalue weighted by Gasteiger charge is -2.46. The smallest absolute Gasteiger partial charge is 0.422 e. The summed E-state index contributed by atoms with van der Waals surface area (Å²) < 4.78 is 21.9. The molecule has 2 aliphatic rings.